The van der Waals surface area contributed by atoms with Gasteiger partial charge < -0.3 is 24.3 Å². The van der Waals surface area contributed by atoms with Gasteiger partial charge in [-0.2, -0.15) is 0 Å². The fraction of sp³-hybridized carbons (Fsp3) is 0.474. The quantitative estimate of drug-likeness (QED) is 0.585. The van der Waals surface area contributed by atoms with Crippen LogP contribution in [-0.2, 0) is 16.0 Å². The molecule has 7 nitrogen and oxygen atoms in total. The van der Waals surface area contributed by atoms with Gasteiger partial charge in [0.25, 0.3) is 0 Å². The van der Waals surface area contributed by atoms with Crippen LogP contribution in [0.25, 0.3) is 0 Å². The van der Waals surface area contributed by atoms with E-state index < -0.39 is 12.1 Å². The molecule has 0 aliphatic heterocycles. The highest BCUT2D eigenvalue weighted by molar-refractivity contribution is 5.85. The lowest BCUT2D eigenvalue weighted by molar-refractivity contribution is -0.142. The van der Waals surface area contributed by atoms with E-state index in [0.29, 0.717) is 29.6 Å². The maximum Gasteiger partial charge on any atom is 0.343 e. The van der Waals surface area contributed by atoms with Gasteiger partial charge in [0.15, 0.2) is 12.5 Å². The number of benzene rings is 1. The number of oxazole rings is 1. The van der Waals surface area contributed by atoms with Crippen molar-refractivity contribution >= 4 is 30.8 Å². The smallest absolute Gasteiger partial charge is 0.343 e. The van der Waals surface area contributed by atoms with Crippen LogP contribution in [0.2, 0.25) is 0 Å². The van der Waals surface area contributed by atoms with Crippen LogP contribution in [0.1, 0.15) is 35.9 Å². The Morgan fingerprint density at radius 3 is 2.43 bits per heavy atom. The van der Waals surface area contributed by atoms with Gasteiger partial charge in [0, 0.05) is 19.5 Å². The molecular weight excluding hydrogens is 407 g/mol. The van der Waals surface area contributed by atoms with Crippen molar-refractivity contribution in [1.29, 1.82) is 0 Å². The zero-order valence-corrected chi connectivity index (χ0v) is 18.1. The Hall–Kier alpha value is -1.80. The molecule has 158 valence electrons. The molecule has 9 heteroatoms. The second kappa shape index (κ2) is 12.6. The Morgan fingerprint density at radius 1 is 1.25 bits per heavy atom. The summed E-state index contributed by atoms with van der Waals surface area (Å²) in [6, 6.07) is 7.71. The highest BCUT2D eigenvalue weighted by Crippen LogP contribution is 2.18. The highest BCUT2D eigenvalue weighted by atomic mass is 35.5. The van der Waals surface area contributed by atoms with Gasteiger partial charge in [-0.3, -0.25) is 0 Å². The molecule has 0 aliphatic rings. The molecule has 28 heavy (non-hydrogen) atoms. The number of ether oxygens (including phenoxy) is 2. The first-order chi connectivity index (χ1) is 12.4. The Labute approximate surface area is 177 Å². The minimum Gasteiger partial charge on any atom is -0.482 e. The van der Waals surface area contributed by atoms with Gasteiger partial charge in [0.05, 0.1) is 7.11 Å². The van der Waals surface area contributed by atoms with E-state index >= 15 is 0 Å². The summed E-state index contributed by atoms with van der Waals surface area (Å²) in [5.74, 6) is 1.40. The van der Waals surface area contributed by atoms with E-state index in [9.17, 15) is 9.90 Å². The summed E-state index contributed by atoms with van der Waals surface area (Å²) >= 11 is 0. The average Bonchev–Trinajstić information content (AvgIpc) is 2.97. The number of esters is 1. The number of hydrogen-bond donors (Lipinski definition) is 2. The van der Waals surface area contributed by atoms with Crippen molar-refractivity contribution in [3.8, 4) is 5.75 Å². The summed E-state index contributed by atoms with van der Waals surface area (Å²) in [5.41, 5.74) is 1.70. The molecule has 2 rings (SSSR count). The Balaban J connectivity index is 0.00000364. The molecule has 0 radical (unpaired) electrons. The van der Waals surface area contributed by atoms with Crippen LogP contribution in [-0.4, -0.2) is 42.4 Å². The number of aliphatic hydroxyl groups is 1. The SMILES string of the molecule is COC(=O)COc1ccc(CC(C)NCC(O)c2nc(C)oc2C)cc1.Cl.Cl. The minimum atomic E-state index is -0.705. The number of aromatic nitrogens is 1. The second-order valence-corrected chi connectivity index (χ2v) is 6.21. The van der Waals surface area contributed by atoms with Crippen molar-refractivity contribution in [2.45, 2.75) is 39.3 Å². The lowest BCUT2D eigenvalue weighted by Crippen LogP contribution is -2.32. The van der Waals surface area contributed by atoms with E-state index in [0.717, 1.165) is 12.0 Å². The van der Waals surface area contributed by atoms with Crippen LogP contribution >= 0.6 is 24.8 Å². The molecule has 0 saturated carbocycles. The number of nitrogens with one attached hydrogen (secondary N) is 1. The van der Waals surface area contributed by atoms with Crippen LogP contribution in [0.5, 0.6) is 5.75 Å². The number of aryl methyl sites for hydroxylation is 2. The minimum absolute atomic E-state index is 0. The van der Waals surface area contributed by atoms with Crippen molar-refractivity contribution in [1.82, 2.24) is 10.3 Å². The standard InChI is InChI=1S/C19H26N2O5.2ClH/c1-12(20-10-17(22)19-13(2)26-14(3)21-19)9-15-5-7-16(8-6-15)25-11-18(23)24-4;;/h5-8,12,17,20,22H,9-11H2,1-4H3;2*1H. The van der Waals surface area contributed by atoms with E-state index in [2.05, 4.69) is 22.0 Å². The van der Waals surface area contributed by atoms with Gasteiger partial charge in [0.2, 0.25) is 0 Å². The predicted octanol–water partition coefficient (Wildman–Crippen LogP) is 2.94. The van der Waals surface area contributed by atoms with Crippen molar-refractivity contribution < 1.29 is 23.8 Å². The fourth-order valence-electron chi connectivity index (χ4n) is 2.61. The number of halogens is 2. The second-order valence-electron chi connectivity index (χ2n) is 6.21. The molecule has 0 bridgehead atoms. The third-order valence-electron chi connectivity index (χ3n) is 3.96. The van der Waals surface area contributed by atoms with Gasteiger partial charge in [-0.15, -0.1) is 24.8 Å². The zero-order chi connectivity index (χ0) is 19.1. The van der Waals surface area contributed by atoms with Gasteiger partial charge in [-0.1, -0.05) is 12.1 Å². The van der Waals surface area contributed by atoms with E-state index in [4.69, 9.17) is 9.15 Å². The molecule has 1 aromatic heterocycles. The number of aliphatic hydroxyl groups excluding tert-OH is 1. The van der Waals surface area contributed by atoms with E-state index in [1.54, 1.807) is 13.8 Å². The molecule has 0 amide bonds. The van der Waals surface area contributed by atoms with E-state index in [1.165, 1.54) is 7.11 Å². The highest BCUT2D eigenvalue weighted by Gasteiger charge is 2.17. The molecular formula is C19H28Cl2N2O5. The van der Waals surface area contributed by atoms with Crippen LogP contribution in [0.4, 0.5) is 0 Å². The topological polar surface area (TPSA) is 93.8 Å². The Kier molecular flexibility index (Phi) is 11.8. The number of carbonyl (C=O) groups excluding carboxylic acids is 1. The molecule has 2 unspecified atom stereocenters. The summed E-state index contributed by atoms with van der Waals surface area (Å²) in [5, 5.41) is 13.6. The van der Waals surface area contributed by atoms with Crippen molar-refractivity contribution in [3.05, 3.63) is 47.2 Å². The first-order valence-electron chi connectivity index (χ1n) is 8.53. The summed E-state index contributed by atoms with van der Waals surface area (Å²) in [7, 11) is 1.32. The largest absolute Gasteiger partial charge is 0.482 e. The number of methoxy groups -OCH3 is 1. The van der Waals surface area contributed by atoms with E-state index in [-0.39, 0.29) is 37.5 Å². The Bertz CT molecular complexity index is 722. The van der Waals surface area contributed by atoms with Gasteiger partial charge in [-0.25, -0.2) is 9.78 Å². The first-order valence-corrected chi connectivity index (χ1v) is 8.53. The monoisotopic (exact) mass is 434 g/mol. The van der Waals surface area contributed by atoms with Crippen LogP contribution in [0.15, 0.2) is 28.7 Å². The molecule has 0 spiro atoms. The molecule has 2 aromatic rings. The van der Waals surface area contributed by atoms with Crippen LogP contribution < -0.4 is 10.1 Å². The molecule has 0 fully saturated rings. The van der Waals surface area contributed by atoms with Crippen LogP contribution in [0.3, 0.4) is 0 Å². The van der Waals surface area contributed by atoms with Crippen molar-refractivity contribution in [2.75, 3.05) is 20.3 Å². The summed E-state index contributed by atoms with van der Waals surface area (Å²) in [4.78, 5) is 15.3. The average molecular weight is 435 g/mol. The molecule has 1 aromatic carbocycles. The van der Waals surface area contributed by atoms with Crippen molar-refractivity contribution in [3.63, 3.8) is 0 Å². The molecule has 0 saturated heterocycles. The third kappa shape index (κ3) is 8.06. The number of carbonyl (C=O) groups is 1. The lowest BCUT2D eigenvalue weighted by atomic mass is 10.1. The molecule has 1 heterocycles. The number of nitrogens with zero attached hydrogens (tertiary/aromatic N) is 1. The number of hydrogen-bond acceptors (Lipinski definition) is 7. The predicted molar refractivity (Wildman–Crippen MR) is 111 cm³/mol. The van der Waals surface area contributed by atoms with Crippen LogP contribution in [0, 0.1) is 13.8 Å². The number of rotatable bonds is 9. The fourth-order valence-corrected chi connectivity index (χ4v) is 2.61. The van der Waals surface area contributed by atoms with E-state index in [1.807, 2.05) is 24.3 Å². The molecule has 0 aliphatic carbocycles. The van der Waals surface area contributed by atoms with Crippen molar-refractivity contribution in [2.24, 2.45) is 0 Å². The van der Waals surface area contributed by atoms with Gasteiger partial charge in [0.1, 0.15) is 23.3 Å². The maximum absolute atomic E-state index is 11.1. The summed E-state index contributed by atoms with van der Waals surface area (Å²) in [6.45, 7) is 5.90. The maximum atomic E-state index is 11.1. The molecule has 2 N–H and O–H groups in total. The normalized spacial score (nSPS) is 12.3. The van der Waals surface area contributed by atoms with Gasteiger partial charge in [-0.05, 0) is 38.0 Å². The first kappa shape index (κ1) is 26.2. The summed E-state index contributed by atoms with van der Waals surface area (Å²) < 4.78 is 15.2. The molecule has 2 atom stereocenters. The third-order valence-corrected chi connectivity index (χ3v) is 3.96. The zero-order valence-electron chi connectivity index (χ0n) is 16.4. The summed E-state index contributed by atoms with van der Waals surface area (Å²) in [6.07, 6.45) is 0.0879. The Morgan fingerprint density at radius 2 is 1.89 bits per heavy atom. The van der Waals surface area contributed by atoms with Gasteiger partial charge >= 0.3 is 5.97 Å². The lowest BCUT2D eigenvalue weighted by Gasteiger charge is -2.16.